The summed E-state index contributed by atoms with van der Waals surface area (Å²) in [4.78, 5) is 2.43. The number of thiophene rings is 1. The minimum absolute atomic E-state index is 0.391. The van der Waals surface area contributed by atoms with Crippen LogP contribution >= 0.6 is 11.3 Å². The lowest BCUT2D eigenvalue weighted by molar-refractivity contribution is -0.00518. The van der Waals surface area contributed by atoms with Crippen molar-refractivity contribution in [2.75, 3.05) is 4.90 Å². The molecule has 12 rings (SSSR count). The summed E-state index contributed by atoms with van der Waals surface area (Å²) in [5, 5.41) is 4.98. The van der Waals surface area contributed by atoms with Crippen molar-refractivity contribution in [3.05, 3.63) is 139 Å². The van der Waals surface area contributed by atoms with Crippen LogP contribution in [0, 0.1) is 17.8 Å². The van der Waals surface area contributed by atoms with Crippen molar-refractivity contribution >= 4 is 70.5 Å². The molecule has 0 radical (unpaired) electrons. The fourth-order valence-electron chi connectivity index (χ4n) is 10.5. The first-order chi connectivity index (χ1) is 24.2. The Labute approximate surface area is 290 Å². The molecule has 2 aromatic heterocycles. The molecule has 0 spiro atoms. The predicted molar refractivity (Wildman–Crippen MR) is 207 cm³/mol. The van der Waals surface area contributed by atoms with Crippen LogP contribution in [0.3, 0.4) is 0 Å². The number of para-hydroxylation sites is 1. The molecule has 4 bridgehead atoms. The van der Waals surface area contributed by atoms with Gasteiger partial charge in [-0.25, -0.2) is 0 Å². The number of nitrogens with zero attached hydrogens (tertiary/aromatic N) is 1. The van der Waals surface area contributed by atoms with Gasteiger partial charge in [-0.3, -0.25) is 0 Å². The first kappa shape index (κ1) is 28.0. The lowest BCUT2D eigenvalue weighted by Gasteiger charge is -2.57. The average Bonchev–Trinajstić information content (AvgIpc) is 3.70. The molecule has 0 aliphatic heterocycles. The summed E-state index contributed by atoms with van der Waals surface area (Å²) in [6.45, 7) is 0. The second-order valence-electron chi connectivity index (χ2n) is 15.2. The Morgan fingerprint density at radius 3 is 1.90 bits per heavy atom. The Morgan fingerprint density at radius 2 is 1.14 bits per heavy atom. The first-order valence-electron chi connectivity index (χ1n) is 18.0. The Hall–Kier alpha value is -4.86. The van der Waals surface area contributed by atoms with Gasteiger partial charge in [-0.1, -0.05) is 78.9 Å². The molecule has 49 heavy (non-hydrogen) atoms. The van der Waals surface area contributed by atoms with Gasteiger partial charge in [0.05, 0.1) is 0 Å². The molecule has 8 aromatic rings. The van der Waals surface area contributed by atoms with Gasteiger partial charge in [0.25, 0.3) is 0 Å². The van der Waals surface area contributed by atoms with Crippen molar-refractivity contribution in [3.8, 4) is 11.1 Å². The Balaban J connectivity index is 1.02. The number of hydrogen-bond acceptors (Lipinski definition) is 3. The zero-order valence-corrected chi connectivity index (χ0v) is 28.3. The maximum absolute atomic E-state index is 6.24. The van der Waals surface area contributed by atoms with E-state index in [0.717, 1.165) is 51.1 Å². The fraction of sp³-hybridized carbons (Fsp3) is 0.217. The van der Waals surface area contributed by atoms with Gasteiger partial charge in [-0.15, -0.1) is 11.3 Å². The lowest BCUT2D eigenvalue weighted by atomic mass is 9.48. The normalized spacial score (nSPS) is 22.9. The molecule has 4 fully saturated rings. The molecule has 2 heterocycles. The van der Waals surface area contributed by atoms with E-state index in [-0.39, 0.29) is 0 Å². The highest BCUT2D eigenvalue weighted by Crippen LogP contribution is 2.61. The highest BCUT2D eigenvalue weighted by Gasteiger charge is 2.51. The largest absolute Gasteiger partial charge is 0.456 e. The summed E-state index contributed by atoms with van der Waals surface area (Å²) >= 11 is 1.89. The molecule has 4 aliphatic rings. The summed E-state index contributed by atoms with van der Waals surface area (Å²) in [5.74, 6) is 2.82. The number of rotatable bonds is 5. The third-order valence-corrected chi connectivity index (χ3v) is 13.5. The van der Waals surface area contributed by atoms with Crippen molar-refractivity contribution in [1.82, 2.24) is 0 Å². The van der Waals surface area contributed by atoms with Crippen LogP contribution in [0.1, 0.15) is 44.1 Å². The van der Waals surface area contributed by atoms with Gasteiger partial charge in [-0.2, -0.15) is 0 Å². The molecule has 4 saturated carbocycles. The van der Waals surface area contributed by atoms with E-state index in [1.165, 1.54) is 75.5 Å². The Morgan fingerprint density at radius 1 is 0.531 bits per heavy atom. The average molecular weight is 652 g/mol. The Bertz CT molecular complexity index is 2500. The second-order valence-corrected chi connectivity index (χ2v) is 16.2. The van der Waals surface area contributed by atoms with Crippen molar-refractivity contribution < 1.29 is 4.42 Å². The van der Waals surface area contributed by atoms with E-state index in [0.29, 0.717) is 5.41 Å². The fourth-order valence-corrected chi connectivity index (χ4v) is 11.7. The molecular formula is C46H37NOS. The van der Waals surface area contributed by atoms with Crippen LogP contribution in [0.5, 0.6) is 0 Å². The zero-order chi connectivity index (χ0) is 32.1. The number of hydrogen-bond donors (Lipinski definition) is 0. The minimum atomic E-state index is 0.391. The highest BCUT2D eigenvalue weighted by atomic mass is 32.1. The van der Waals surface area contributed by atoms with Crippen molar-refractivity contribution in [2.45, 2.75) is 43.9 Å². The number of benzene rings is 6. The molecule has 0 amide bonds. The molecule has 0 N–H and O–H groups in total. The van der Waals surface area contributed by atoms with Crippen LogP contribution in [0.2, 0.25) is 0 Å². The summed E-state index contributed by atoms with van der Waals surface area (Å²) < 4.78 is 8.93. The maximum atomic E-state index is 6.24. The molecule has 6 aromatic carbocycles. The lowest BCUT2D eigenvalue weighted by Crippen LogP contribution is -2.48. The van der Waals surface area contributed by atoms with Gasteiger partial charge < -0.3 is 9.32 Å². The van der Waals surface area contributed by atoms with Gasteiger partial charge >= 0.3 is 0 Å². The van der Waals surface area contributed by atoms with E-state index in [1.807, 2.05) is 17.4 Å². The van der Waals surface area contributed by atoms with Crippen LogP contribution < -0.4 is 4.90 Å². The van der Waals surface area contributed by atoms with Crippen molar-refractivity contribution in [1.29, 1.82) is 0 Å². The summed E-state index contributed by atoms with van der Waals surface area (Å²) in [6, 6.07) is 49.4. The van der Waals surface area contributed by atoms with E-state index >= 15 is 0 Å². The van der Waals surface area contributed by atoms with Crippen LogP contribution in [0.25, 0.3) is 53.2 Å². The van der Waals surface area contributed by atoms with Crippen molar-refractivity contribution in [2.24, 2.45) is 17.8 Å². The summed E-state index contributed by atoms with van der Waals surface area (Å²) in [7, 11) is 0. The van der Waals surface area contributed by atoms with E-state index in [2.05, 4.69) is 132 Å². The van der Waals surface area contributed by atoms with Crippen LogP contribution in [0.4, 0.5) is 17.1 Å². The van der Waals surface area contributed by atoms with Gasteiger partial charge in [0.2, 0.25) is 0 Å². The van der Waals surface area contributed by atoms with E-state index in [1.54, 1.807) is 5.56 Å². The third-order valence-electron chi connectivity index (χ3n) is 12.2. The van der Waals surface area contributed by atoms with E-state index < -0.39 is 0 Å². The summed E-state index contributed by atoms with van der Waals surface area (Å²) in [6.07, 6.45) is 8.60. The standard InChI is InChI=1S/C46H37NOS/c1-3-10-42-38(6-1)41-25-36(20-21-43(41)48-42)47(35-18-14-33(15-19-35)46-26-29-22-30(27-46)24-31(23-29)28-46)34-16-12-32(13-17-34)37-8-5-9-40-39-7-2-4-11-44(39)49-45(37)40/h1-21,25,29-31H,22-24,26-28H2. The highest BCUT2D eigenvalue weighted by molar-refractivity contribution is 7.26. The van der Waals surface area contributed by atoms with Crippen LogP contribution in [-0.4, -0.2) is 0 Å². The van der Waals surface area contributed by atoms with Gasteiger partial charge in [0.1, 0.15) is 11.2 Å². The molecule has 2 nitrogen and oxygen atoms in total. The Kier molecular flexibility index (Phi) is 6.04. The van der Waals surface area contributed by atoms with Gasteiger partial charge in [0.15, 0.2) is 0 Å². The topological polar surface area (TPSA) is 16.4 Å². The smallest absolute Gasteiger partial charge is 0.135 e. The monoisotopic (exact) mass is 651 g/mol. The molecule has 0 atom stereocenters. The van der Waals surface area contributed by atoms with E-state index in [9.17, 15) is 0 Å². The number of anilines is 3. The quantitative estimate of drug-likeness (QED) is 0.184. The van der Waals surface area contributed by atoms with E-state index in [4.69, 9.17) is 4.42 Å². The maximum Gasteiger partial charge on any atom is 0.135 e. The molecule has 4 aliphatic carbocycles. The molecule has 0 unspecified atom stereocenters. The third kappa shape index (κ3) is 4.38. The predicted octanol–water partition coefficient (Wildman–Crippen LogP) is 13.6. The molecule has 238 valence electrons. The second kappa shape index (κ2) is 10.6. The molecule has 0 saturated heterocycles. The van der Waals surface area contributed by atoms with Crippen LogP contribution in [-0.2, 0) is 5.41 Å². The van der Waals surface area contributed by atoms with Gasteiger partial charge in [-0.05, 0) is 133 Å². The number of furan rings is 1. The zero-order valence-electron chi connectivity index (χ0n) is 27.4. The first-order valence-corrected chi connectivity index (χ1v) is 18.8. The number of fused-ring (bicyclic) bond motifs is 6. The van der Waals surface area contributed by atoms with Crippen LogP contribution in [0.15, 0.2) is 138 Å². The van der Waals surface area contributed by atoms with Gasteiger partial charge in [0, 0.05) is 48.0 Å². The molecule has 3 heteroatoms. The van der Waals surface area contributed by atoms with Crippen molar-refractivity contribution in [3.63, 3.8) is 0 Å². The summed E-state index contributed by atoms with van der Waals surface area (Å²) in [5.41, 5.74) is 9.84. The molecular weight excluding hydrogens is 615 g/mol. The minimum Gasteiger partial charge on any atom is -0.456 e. The SMILES string of the molecule is c1ccc2c(c1)oc1ccc(N(c3ccc(-c4cccc5c4sc4ccccc45)cc3)c3ccc(C45CC6CC(CC(C6)C4)C5)cc3)cc12.